The predicted molar refractivity (Wildman–Crippen MR) is 124 cm³/mol. The van der Waals surface area contributed by atoms with Crippen LogP contribution in [0.2, 0.25) is 0 Å². The number of aliphatic hydroxyl groups excluding tert-OH is 1. The standard InChI is InChI=1S/C25H34F3N5O/c26-25(27,28)22-15-29-23(18-6-2-1-3-7-18)21-14-30-33(24(21)22)17-20(34)16-31-12-8-19(9-13-31)32-10-4-5-11-32/h1-3,6-7,14,19-20,22-23,29,34H,4-5,8-13,15-17H2. The number of hydrogen-bond acceptors (Lipinski definition) is 5. The van der Waals surface area contributed by atoms with E-state index in [1.807, 2.05) is 30.3 Å². The van der Waals surface area contributed by atoms with Gasteiger partial charge in [0.2, 0.25) is 0 Å². The summed E-state index contributed by atoms with van der Waals surface area (Å²) in [5, 5.41) is 18.2. The van der Waals surface area contributed by atoms with Crippen LogP contribution in [0.5, 0.6) is 0 Å². The summed E-state index contributed by atoms with van der Waals surface area (Å²) in [6, 6.07) is 9.76. The summed E-state index contributed by atoms with van der Waals surface area (Å²) in [4.78, 5) is 4.82. The number of aromatic nitrogens is 2. The van der Waals surface area contributed by atoms with Crippen LogP contribution in [0, 0.1) is 0 Å². The fourth-order valence-electron chi connectivity index (χ4n) is 5.94. The first-order valence-corrected chi connectivity index (χ1v) is 12.5. The topological polar surface area (TPSA) is 56.6 Å². The molecule has 3 unspecified atom stereocenters. The molecule has 3 aliphatic heterocycles. The minimum atomic E-state index is -4.39. The van der Waals surface area contributed by atoms with Crippen molar-refractivity contribution in [1.82, 2.24) is 24.9 Å². The summed E-state index contributed by atoms with van der Waals surface area (Å²) in [6.45, 7) is 4.53. The molecule has 1 aromatic heterocycles. The molecular weight excluding hydrogens is 443 g/mol. The van der Waals surface area contributed by atoms with E-state index in [9.17, 15) is 18.3 Å². The first kappa shape index (κ1) is 23.8. The third-order valence-corrected chi connectivity index (χ3v) is 7.67. The second kappa shape index (κ2) is 9.97. The molecule has 2 saturated heterocycles. The van der Waals surface area contributed by atoms with E-state index in [2.05, 4.69) is 20.2 Å². The summed E-state index contributed by atoms with van der Waals surface area (Å²) in [7, 11) is 0. The van der Waals surface area contributed by atoms with Crippen LogP contribution in [0.25, 0.3) is 0 Å². The van der Waals surface area contributed by atoms with Gasteiger partial charge in [0.05, 0.1) is 30.6 Å². The molecule has 3 aliphatic rings. The van der Waals surface area contributed by atoms with Crippen molar-refractivity contribution in [3.63, 3.8) is 0 Å². The number of alkyl halides is 3. The van der Waals surface area contributed by atoms with E-state index in [1.165, 1.54) is 36.8 Å². The SMILES string of the molecule is OC(CN1CCC(N2CCCC2)CC1)Cn1ncc2c1C(C(F)(F)F)CNC2c1ccccc1. The molecule has 2 fully saturated rings. The van der Waals surface area contributed by atoms with E-state index >= 15 is 0 Å². The fourth-order valence-corrected chi connectivity index (χ4v) is 5.94. The third kappa shape index (κ3) is 5.03. The predicted octanol–water partition coefficient (Wildman–Crippen LogP) is 3.14. The van der Waals surface area contributed by atoms with Crippen molar-refractivity contribution in [3.05, 3.63) is 53.3 Å². The van der Waals surface area contributed by atoms with Crippen LogP contribution < -0.4 is 5.32 Å². The first-order valence-electron chi connectivity index (χ1n) is 12.5. The maximum absolute atomic E-state index is 13.9. The molecule has 0 spiro atoms. The number of benzene rings is 1. The van der Waals surface area contributed by atoms with Crippen LogP contribution >= 0.6 is 0 Å². The highest BCUT2D eigenvalue weighted by Gasteiger charge is 2.47. The van der Waals surface area contributed by atoms with Gasteiger partial charge in [0.1, 0.15) is 5.92 Å². The molecule has 0 saturated carbocycles. The lowest BCUT2D eigenvalue weighted by molar-refractivity contribution is -0.152. The second-order valence-corrected chi connectivity index (χ2v) is 9.94. The molecule has 0 amide bonds. The molecular formula is C25H34F3N5O. The Kier molecular flexibility index (Phi) is 6.97. The zero-order chi connectivity index (χ0) is 23.7. The maximum Gasteiger partial charge on any atom is 0.398 e. The van der Waals surface area contributed by atoms with E-state index in [0.29, 0.717) is 18.2 Å². The van der Waals surface area contributed by atoms with Crippen molar-refractivity contribution in [3.8, 4) is 0 Å². The van der Waals surface area contributed by atoms with Gasteiger partial charge in [-0.15, -0.1) is 0 Å². The molecule has 0 radical (unpaired) electrons. The van der Waals surface area contributed by atoms with Gasteiger partial charge in [0.15, 0.2) is 0 Å². The molecule has 4 heterocycles. The molecule has 9 heteroatoms. The van der Waals surface area contributed by atoms with E-state index in [1.54, 1.807) is 0 Å². The molecule has 186 valence electrons. The summed E-state index contributed by atoms with van der Waals surface area (Å²) in [6.07, 6.45) is 1.12. The largest absolute Gasteiger partial charge is 0.398 e. The van der Waals surface area contributed by atoms with Gasteiger partial charge in [-0.25, -0.2) is 0 Å². The average Bonchev–Trinajstić information content (AvgIpc) is 3.50. The zero-order valence-corrected chi connectivity index (χ0v) is 19.4. The number of nitrogens with zero attached hydrogens (tertiary/aromatic N) is 4. The Bertz CT molecular complexity index is 936. The number of β-amino-alcohol motifs (C(OH)–C–C–N with tert-alkyl or cyclic N) is 1. The fraction of sp³-hybridized carbons (Fsp3) is 0.640. The van der Waals surface area contributed by atoms with Gasteiger partial charge in [-0.05, 0) is 57.4 Å². The summed E-state index contributed by atoms with van der Waals surface area (Å²) in [5.74, 6) is -1.65. The van der Waals surface area contributed by atoms with Crippen molar-refractivity contribution < 1.29 is 18.3 Å². The Morgan fingerprint density at radius 1 is 1.03 bits per heavy atom. The lowest BCUT2D eigenvalue weighted by Gasteiger charge is -2.37. The van der Waals surface area contributed by atoms with Crippen molar-refractivity contribution in [2.45, 2.75) is 62.5 Å². The van der Waals surface area contributed by atoms with Gasteiger partial charge in [-0.1, -0.05) is 30.3 Å². The highest BCUT2D eigenvalue weighted by molar-refractivity contribution is 5.38. The molecule has 5 rings (SSSR count). The Morgan fingerprint density at radius 2 is 1.74 bits per heavy atom. The quantitative estimate of drug-likeness (QED) is 0.670. The van der Waals surface area contributed by atoms with Crippen molar-refractivity contribution >= 4 is 0 Å². The number of piperidine rings is 1. The van der Waals surface area contributed by atoms with Crippen LogP contribution in [-0.2, 0) is 6.54 Å². The first-order chi connectivity index (χ1) is 16.4. The summed E-state index contributed by atoms with van der Waals surface area (Å²) in [5.41, 5.74) is 1.62. The van der Waals surface area contributed by atoms with E-state index in [4.69, 9.17) is 0 Å². The average molecular weight is 478 g/mol. The van der Waals surface area contributed by atoms with E-state index in [-0.39, 0.29) is 24.8 Å². The van der Waals surface area contributed by atoms with Crippen LogP contribution in [0.3, 0.4) is 0 Å². The lowest BCUT2D eigenvalue weighted by atomic mass is 9.88. The smallest absolute Gasteiger partial charge is 0.390 e. The van der Waals surface area contributed by atoms with Crippen LogP contribution in [0.15, 0.2) is 36.5 Å². The van der Waals surface area contributed by atoms with Crippen LogP contribution in [0.4, 0.5) is 13.2 Å². The van der Waals surface area contributed by atoms with E-state index in [0.717, 1.165) is 31.5 Å². The molecule has 2 N–H and O–H groups in total. The molecule has 0 bridgehead atoms. The van der Waals surface area contributed by atoms with Gasteiger partial charge in [0, 0.05) is 24.7 Å². The molecule has 3 atom stereocenters. The molecule has 2 aromatic rings. The number of likely N-dealkylation sites (tertiary alicyclic amines) is 2. The maximum atomic E-state index is 13.9. The summed E-state index contributed by atoms with van der Waals surface area (Å²) >= 11 is 0. The van der Waals surface area contributed by atoms with Crippen LogP contribution in [-0.4, -0.2) is 82.3 Å². The third-order valence-electron chi connectivity index (χ3n) is 7.67. The second-order valence-electron chi connectivity index (χ2n) is 9.94. The monoisotopic (exact) mass is 477 g/mol. The number of fused-ring (bicyclic) bond motifs is 1. The molecule has 6 nitrogen and oxygen atoms in total. The normalized spacial score (nSPS) is 26.0. The Balaban J connectivity index is 1.27. The van der Waals surface area contributed by atoms with Crippen molar-refractivity contribution in [2.75, 3.05) is 39.3 Å². The van der Waals surface area contributed by atoms with Gasteiger partial charge >= 0.3 is 6.18 Å². The zero-order valence-electron chi connectivity index (χ0n) is 19.4. The number of nitrogens with one attached hydrogen (secondary N) is 1. The van der Waals surface area contributed by atoms with Gasteiger partial charge in [0.25, 0.3) is 0 Å². The Hall–Kier alpha value is -1.94. The molecule has 1 aromatic carbocycles. The van der Waals surface area contributed by atoms with Gasteiger partial charge in [-0.3, -0.25) is 4.68 Å². The Labute approximate surface area is 198 Å². The molecule has 0 aliphatic carbocycles. The van der Waals surface area contributed by atoms with Gasteiger partial charge < -0.3 is 20.2 Å². The minimum absolute atomic E-state index is 0.0650. The number of aliphatic hydroxyl groups is 1. The molecule has 34 heavy (non-hydrogen) atoms. The Morgan fingerprint density at radius 3 is 2.41 bits per heavy atom. The highest BCUT2D eigenvalue weighted by Crippen LogP contribution is 2.42. The number of halogens is 3. The highest BCUT2D eigenvalue weighted by atomic mass is 19.4. The number of rotatable bonds is 6. The lowest BCUT2D eigenvalue weighted by Crippen LogP contribution is -2.46. The van der Waals surface area contributed by atoms with Crippen LogP contribution in [0.1, 0.15) is 54.5 Å². The van der Waals surface area contributed by atoms with Crippen molar-refractivity contribution in [1.29, 1.82) is 0 Å². The number of hydrogen-bond donors (Lipinski definition) is 2. The van der Waals surface area contributed by atoms with Gasteiger partial charge in [-0.2, -0.15) is 18.3 Å². The van der Waals surface area contributed by atoms with E-state index < -0.39 is 18.2 Å². The van der Waals surface area contributed by atoms with Crippen molar-refractivity contribution in [2.24, 2.45) is 0 Å². The summed E-state index contributed by atoms with van der Waals surface area (Å²) < 4.78 is 43.2. The minimum Gasteiger partial charge on any atom is -0.390 e.